The van der Waals surface area contributed by atoms with Crippen LogP contribution < -0.4 is 10.1 Å². The van der Waals surface area contributed by atoms with Gasteiger partial charge in [-0.25, -0.2) is 4.99 Å². The lowest BCUT2D eigenvalue weighted by Gasteiger charge is -2.16. The van der Waals surface area contributed by atoms with E-state index in [4.69, 9.17) is 4.74 Å². The Morgan fingerprint density at radius 2 is 2.10 bits per heavy atom. The van der Waals surface area contributed by atoms with Crippen molar-refractivity contribution in [3.8, 4) is 5.75 Å². The zero-order valence-electron chi connectivity index (χ0n) is 12.4. The van der Waals surface area contributed by atoms with Crippen LogP contribution in [0.3, 0.4) is 0 Å². The highest BCUT2D eigenvalue weighted by Crippen LogP contribution is 2.22. The lowest BCUT2D eigenvalue weighted by Crippen LogP contribution is -2.34. The summed E-state index contributed by atoms with van der Waals surface area (Å²) >= 11 is 0. The van der Waals surface area contributed by atoms with Crippen molar-refractivity contribution >= 4 is 17.8 Å². The molecule has 1 aromatic carbocycles. The summed E-state index contributed by atoms with van der Waals surface area (Å²) in [5, 5.41) is 2.82. The van der Waals surface area contributed by atoms with E-state index < -0.39 is 0 Å². The molecule has 1 aliphatic rings. The fourth-order valence-electron chi connectivity index (χ4n) is 1.84. The molecule has 0 radical (unpaired) electrons. The van der Waals surface area contributed by atoms with Gasteiger partial charge in [0, 0.05) is 5.41 Å². The minimum Gasteiger partial charge on any atom is -0.494 e. The first-order valence-corrected chi connectivity index (χ1v) is 6.75. The van der Waals surface area contributed by atoms with Gasteiger partial charge in [-0.3, -0.25) is 4.79 Å². The Labute approximate surface area is 119 Å². The first-order chi connectivity index (χ1) is 9.40. The van der Waals surface area contributed by atoms with Crippen LogP contribution in [0, 0.1) is 5.41 Å². The molecule has 1 aromatic rings. The van der Waals surface area contributed by atoms with Gasteiger partial charge in [0.1, 0.15) is 17.3 Å². The molecule has 2 rings (SSSR count). The lowest BCUT2D eigenvalue weighted by atomic mass is 9.95. The summed E-state index contributed by atoms with van der Waals surface area (Å²) < 4.78 is 5.45. The number of ether oxygens (including phenoxy) is 1. The van der Waals surface area contributed by atoms with E-state index in [0.717, 1.165) is 11.3 Å². The zero-order chi connectivity index (χ0) is 14.8. The van der Waals surface area contributed by atoms with E-state index in [1.165, 1.54) is 0 Å². The Bertz CT molecular complexity index is 580. The molecule has 1 aliphatic heterocycles. The third kappa shape index (κ3) is 3.26. The van der Waals surface area contributed by atoms with Crippen LogP contribution in [0.5, 0.6) is 5.75 Å². The summed E-state index contributed by atoms with van der Waals surface area (Å²) in [6.07, 6.45) is 1.77. The molecule has 0 aromatic heterocycles. The van der Waals surface area contributed by atoms with Gasteiger partial charge in [0.05, 0.1) is 6.61 Å². The van der Waals surface area contributed by atoms with Crippen LogP contribution in [-0.2, 0) is 4.79 Å². The van der Waals surface area contributed by atoms with E-state index in [-0.39, 0.29) is 11.3 Å². The number of carbonyl (C=O) groups is 1. The minimum absolute atomic E-state index is 0.156. The average molecular weight is 272 g/mol. The SMILES string of the molecule is CCOc1cccc(/C=C2/N=C(C(C)(C)C)NC2=O)c1. The van der Waals surface area contributed by atoms with Crippen LogP contribution in [0.4, 0.5) is 0 Å². The average Bonchev–Trinajstić information content (AvgIpc) is 2.72. The van der Waals surface area contributed by atoms with E-state index in [9.17, 15) is 4.79 Å². The molecular formula is C16H20N2O2. The van der Waals surface area contributed by atoms with Crippen LogP contribution in [0.1, 0.15) is 33.3 Å². The van der Waals surface area contributed by atoms with Crippen LogP contribution in [-0.4, -0.2) is 18.3 Å². The first kappa shape index (κ1) is 14.3. The van der Waals surface area contributed by atoms with Crippen molar-refractivity contribution in [1.29, 1.82) is 0 Å². The van der Waals surface area contributed by atoms with Crippen molar-refractivity contribution < 1.29 is 9.53 Å². The van der Waals surface area contributed by atoms with Gasteiger partial charge in [-0.2, -0.15) is 0 Å². The van der Waals surface area contributed by atoms with E-state index in [0.29, 0.717) is 18.1 Å². The van der Waals surface area contributed by atoms with Gasteiger partial charge in [0.15, 0.2) is 0 Å². The Hall–Kier alpha value is -2.10. The maximum absolute atomic E-state index is 11.9. The molecule has 0 saturated carbocycles. The molecule has 0 spiro atoms. The fourth-order valence-corrected chi connectivity index (χ4v) is 1.84. The standard InChI is InChI=1S/C16H20N2O2/c1-5-20-12-8-6-7-11(9-12)10-13-14(19)18-15(17-13)16(2,3)4/h6-10H,5H2,1-4H3,(H,17,18,19)/b13-10+. The van der Waals surface area contributed by atoms with Crippen molar-refractivity contribution in [3.63, 3.8) is 0 Å². The minimum atomic E-state index is -0.168. The van der Waals surface area contributed by atoms with Crippen molar-refractivity contribution in [2.45, 2.75) is 27.7 Å². The Balaban J connectivity index is 2.29. The summed E-state index contributed by atoms with van der Waals surface area (Å²) in [5.74, 6) is 1.34. The highest BCUT2D eigenvalue weighted by Gasteiger charge is 2.28. The number of nitrogens with zero attached hydrogens (tertiary/aromatic N) is 1. The van der Waals surface area contributed by atoms with Gasteiger partial charge in [0.2, 0.25) is 0 Å². The third-order valence-corrected chi connectivity index (χ3v) is 2.88. The van der Waals surface area contributed by atoms with E-state index in [1.54, 1.807) is 6.08 Å². The monoisotopic (exact) mass is 272 g/mol. The van der Waals surface area contributed by atoms with Gasteiger partial charge < -0.3 is 10.1 Å². The largest absolute Gasteiger partial charge is 0.494 e. The summed E-state index contributed by atoms with van der Waals surface area (Å²) in [6.45, 7) is 8.61. The van der Waals surface area contributed by atoms with Gasteiger partial charge >= 0.3 is 0 Å². The van der Waals surface area contributed by atoms with Crippen LogP contribution in [0.15, 0.2) is 35.0 Å². The number of rotatable bonds is 3. The van der Waals surface area contributed by atoms with Crippen molar-refractivity contribution in [2.24, 2.45) is 10.4 Å². The van der Waals surface area contributed by atoms with Crippen molar-refractivity contribution in [3.05, 3.63) is 35.5 Å². The molecule has 0 aliphatic carbocycles. The smallest absolute Gasteiger partial charge is 0.275 e. The van der Waals surface area contributed by atoms with Gasteiger partial charge in [0.25, 0.3) is 5.91 Å². The fraction of sp³-hybridized carbons (Fsp3) is 0.375. The predicted molar refractivity (Wildman–Crippen MR) is 80.6 cm³/mol. The molecule has 0 unspecified atom stereocenters. The highest BCUT2D eigenvalue weighted by atomic mass is 16.5. The lowest BCUT2D eigenvalue weighted by molar-refractivity contribution is -0.115. The quantitative estimate of drug-likeness (QED) is 0.860. The van der Waals surface area contributed by atoms with E-state index in [1.807, 2.05) is 52.0 Å². The molecule has 0 bridgehead atoms. The van der Waals surface area contributed by atoms with Crippen LogP contribution >= 0.6 is 0 Å². The molecule has 1 amide bonds. The molecule has 20 heavy (non-hydrogen) atoms. The molecule has 1 heterocycles. The molecule has 0 atom stereocenters. The Morgan fingerprint density at radius 3 is 2.70 bits per heavy atom. The number of carbonyl (C=O) groups excluding carboxylic acids is 1. The molecule has 106 valence electrons. The second-order valence-electron chi connectivity index (χ2n) is 5.70. The molecule has 1 N–H and O–H groups in total. The predicted octanol–water partition coefficient (Wildman–Crippen LogP) is 3.00. The van der Waals surface area contributed by atoms with E-state index in [2.05, 4.69) is 10.3 Å². The molecular weight excluding hydrogens is 252 g/mol. The number of hydrogen-bond acceptors (Lipinski definition) is 3. The number of benzene rings is 1. The first-order valence-electron chi connectivity index (χ1n) is 6.75. The summed E-state index contributed by atoms with van der Waals surface area (Å²) in [4.78, 5) is 16.3. The second kappa shape index (κ2) is 5.49. The van der Waals surface area contributed by atoms with Crippen molar-refractivity contribution in [2.75, 3.05) is 6.61 Å². The van der Waals surface area contributed by atoms with Crippen molar-refractivity contribution in [1.82, 2.24) is 5.32 Å². The molecule has 4 nitrogen and oxygen atoms in total. The van der Waals surface area contributed by atoms with Gasteiger partial charge in [-0.05, 0) is 30.7 Å². The zero-order valence-corrected chi connectivity index (χ0v) is 12.4. The third-order valence-electron chi connectivity index (χ3n) is 2.88. The maximum atomic E-state index is 11.9. The Morgan fingerprint density at radius 1 is 1.35 bits per heavy atom. The summed E-state index contributed by atoms with van der Waals surface area (Å²) in [7, 11) is 0. The van der Waals surface area contributed by atoms with Gasteiger partial charge in [-0.1, -0.05) is 32.9 Å². The number of hydrogen-bond donors (Lipinski definition) is 1. The van der Waals surface area contributed by atoms with Crippen LogP contribution in [0.25, 0.3) is 6.08 Å². The summed E-state index contributed by atoms with van der Waals surface area (Å²) in [5.41, 5.74) is 1.17. The normalized spacial score (nSPS) is 17.1. The molecule has 0 saturated heterocycles. The van der Waals surface area contributed by atoms with E-state index >= 15 is 0 Å². The maximum Gasteiger partial charge on any atom is 0.275 e. The number of amidine groups is 1. The molecule has 4 heteroatoms. The Kier molecular flexibility index (Phi) is 3.93. The topological polar surface area (TPSA) is 50.7 Å². The molecule has 0 fully saturated rings. The number of nitrogens with one attached hydrogen (secondary N) is 1. The second-order valence-corrected chi connectivity index (χ2v) is 5.70. The van der Waals surface area contributed by atoms with Crippen LogP contribution in [0.2, 0.25) is 0 Å². The number of aliphatic imine (C=N–C) groups is 1. The number of amides is 1. The highest BCUT2D eigenvalue weighted by molar-refractivity contribution is 6.15. The van der Waals surface area contributed by atoms with Gasteiger partial charge in [-0.15, -0.1) is 0 Å². The summed E-state index contributed by atoms with van der Waals surface area (Å²) in [6, 6.07) is 7.62.